The number of thiocarbonyl (C=S) groups is 1. The van der Waals surface area contributed by atoms with Gasteiger partial charge in [-0.15, -0.1) is 5.10 Å². The fourth-order valence-corrected chi connectivity index (χ4v) is 3.85. The van der Waals surface area contributed by atoms with Gasteiger partial charge in [0.2, 0.25) is 0 Å². The number of carbonyl (C=O) groups is 1. The third-order valence-electron chi connectivity index (χ3n) is 3.82. The number of halogens is 2. The van der Waals surface area contributed by atoms with Crippen molar-refractivity contribution in [2.45, 2.75) is 6.42 Å². The molecule has 1 amide bonds. The first-order chi connectivity index (χ1) is 13.4. The molecule has 10 heteroatoms. The molecule has 0 aliphatic heterocycles. The Balaban J connectivity index is 1.54. The molecule has 3 rings (SSSR count). The highest BCUT2D eigenvalue weighted by molar-refractivity contribution is 7.80. The van der Waals surface area contributed by atoms with Crippen LogP contribution < -0.4 is 16.4 Å². The van der Waals surface area contributed by atoms with E-state index < -0.39 is 5.91 Å². The quantitative estimate of drug-likeness (QED) is 0.487. The van der Waals surface area contributed by atoms with Crippen LogP contribution in [0.25, 0.3) is 10.4 Å². The Morgan fingerprint density at radius 1 is 1.18 bits per heavy atom. The van der Waals surface area contributed by atoms with Gasteiger partial charge in [0.15, 0.2) is 10.8 Å². The second-order valence-electron chi connectivity index (χ2n) is 5.76. The minimum Gasteiger partial charge on any atom is -0.364 e. The Kier molecular flexibility index (Phi) is 6.79. The van der Waals surface area contributed by atoms with Gasteiger partial charge in [-0.3, -0.25) is 4.79 Å². The van der Waals surface area contributed by atoms with Crippen LogP contribution in [0.3, 0.4) is 0 Å². The van der Waals surface area contributed by atoms with Gasteiger partial charge in [0.05, 0.1) is 4.88 Å². The zero-order valence-corrected chi connectivity index (χ0v) is 17.6. The zero-order chi connectivity index (χ0) is 20.1. The molecule has 0 bridgehead atoms. The molecule has 1 heterocycles. The van der Waals surface area contributed by atoms with Crippen LogP contribution in [-0.2, 0) is 6.42 Å². The molecule has 0 unspecified atom stereocenters. The largest absolute Gasteiger partial charge is 0.364 e. The molecule has 0 radical (unpaired) electrons. The van der Waals surface area contributed by atoms with E-state index >= 15 is 0 Å². The second kappa shape index (κ2) is 9.29. The van der Waals surface area contributed by atoms with E-state index in [2.05, 4.69) is 20.2 Å². The van der Waals surface area contributed by atoms with Crippen LogP contribution in [0.5, 0.6) is 0 Å². The summed E-state index contributed by atoms with van der Waals surface area (Å²) >= 11 is 18.5. The summed E-state index contributed by atoms with van der Waals surface area (Å²) in [5.74, 6) is -0.600. The number of hydrogen-bond acceptors (Lipinski definition) is 5. The molecule has 1 aromatic heterocycles. The van der Waals surface area contributed by atoms with Crippen molar-refractivity contribution in [3.63, 3.8) is 0 Å². The Labute approximate surface area is 181 Å². The second-order valence-corrected chi connectivity index (χ2v) is 7.76. The summed E-state index contributed by atoms with van der Waals surface area (Å²) in [6.07, 6.45) is 0.713. The van der Waals surface area contributed by atoms with Crippen LogP contribution in [0.2, 0.25) is 10.0 Å². The van der Waals surface area contributed by atoms with E-state index in [9.17, 15) is 4.79 Å². The molecule has 0 aliphatic carbocycles. The third-order valence-corrected chi connectivity index (χ3v) is 5.43. The van der Waals surface area contributed by atoms with E-state index in [0.29, 0.717) is 33.0 Å². The maximum absolute atomic E-state index is 11.4. The number of nitrogens with one attached hydrogen (secondary N) is 2. The summed E-state index contributed by atoms with van der Waals surface area (Å²) in [6, 6.07) is 12.8. The number of hydrogen-bond donors (Lipinski definition) is 3. The highest BCUT2D eigenvalue weighted by Crippen LogP contribution is 2.27. The minimum absolute atomic E-state index is 0.170. The van der Waals surface area contributed by atoms with E-state index in [-0.39, 0.29) is 5.69 Å². The number of aromatic nitrogens is 2. The molecule has 0 saturated carbocycles. The van der Waals surface area contributed by atoms with Crippen molar-refractivity contribution in [3.8, 4) is 10.4 Å². The van der Waals surface area contributed by atoms with Crippen LogP contribution in [0, 0.1) is 0 Å². The molecule has 144 valence electrons. The van der Waals surface area contributed by atoms with Crippen LogP contribution in [0.1, 0.15) is 16.1 Å². The van der Waals surface area contributed by atoms with Crippen LogP contribution in [0.4, 0.5) is 5.69 Å². The maximum Gasteiger partial charge on any atom is 0.270 e. The van der Waals surface area contributed by atoms with Crippen molar-refractivity contribution in [2.75, 3.05) is 11.9 Å². The molecule has 0 fully saturated rings. The van der Waals surface area contributed by atoms with Crippen molar-refractivity contribution >= 4 is 63.7 Å². The van der Waals surface area contributed by atoms with Gasteiger partial charge in [-0.1, -0.05) is 45.9 Å². The first kappa shape index (κ1) is 20.5. The summed E-state index contributed by atoms with van der Waals surface area (Å²) in [7, 11) is 0. The van der Waals surface area contributed by atoms with Gasteiger partial charge in [-0.05, 0) is 65.6 Å². The van der Waals surface area contributed by atoms with Crippen LogP contribution in [-0.4, -0.2) is 27.2 Å². The lowest BCUT2D eigenvalue weighted by atomic mass is 10.1. The number of nitrogens with zero attached hydrogens (tertiary/aromatic N) is 2. The van der Waals surface area contributed by atoms with Gasteiger partial charge in [0.25, 0.3) is 5.91 Å². The molecule has 0 aliphatic rings. The van der Waals surface area contributed by atoms with Crippen LogP contribution >= 0.6 is 47.0 Å². The predicted molar refractivity (Wildman–Crippen MR) is 118 cm³/mol. The molecule has 0 atom stereocenters. The van der Waals surface area contributed by atoms with E-state index in [0.717, 1.165) is 28.3 Å². The summed E-state index contributed by atoms with van der Waals surface area (Å²) in [4.78, 5) is 12.0. The van der Waals surface area contributed by atoms with Gasteiger partial charge in [0, 0.05) is 22.3 Å². The standard InChI is InChI=1S/C18H15Cl2N5OS2/c19-12-4-1-10(14(20)9-12)7-8-22-18(27)23-13-5-2-11(3-6-13)16-15(17(21)26)24-25-28-16/h1-6,9H,7-8H2,(H2,21,26)(H2,22,23,27). The Morgan fingerprint density at radius 2 is 1.93 bits per heavy atom. The number of rotatable bonds is 6. The fraction of sp³-hybridized carbons (Fsp3) is 0.111. The highest BCUT2D eigenvalue weighted by Gasteiger charge is 2.15. The molecule has 4 N–H and O–H groups in total. The molecule has 28 heavy (non-hydrogen) atoms. The third kappa shape index (κ3) is 5.17. The number of benzene rings is 2. The molecular weight excluding hydrogens is 437 g/mol. The van der Waals surface area contributed by atoms with Crippen molar-refractivity contribution in [3.05, 3.63) is 63.8 Å². The first-order valence-corrected chi connectivity index (χ1v) is 10.1. The lowest BCUT2D eigenvalue weighted by molar-refractivity contribution is 0.0996. The van der Waals surface area contributed by atoms with Crippen molar-refractivity contribution in [2.24, 2.45) is 5.73 Å². The first-order valence-electron chi connectivity index (χ1n) is 8.15. The topological polar surface area (TPSA) is 92.9 Å². The van der Waals surface area contributed by atoms with Gasteiger partial charge in [-0.2, -0.15) is 0 Å². The molecular formula is C18H15Cl2N5OS2. The summed E-state index contributed by atoms with van der Waals surface area (Å²) in [6.45, 7) is 0.625. The lowest BCUT2D eigenvalue weighted by Gasteiger charge is -2.11. The SMILES string of the molecule is NC(=O)c1nnsc1-c1ccc(NC(=S)NCCc2ccc(Cl)cc2Cl)cc1. The summed E-state index contributed by atoms with van der Waals surface area (Å²) in [5.41, 5.74) is 8.09. The van der Waals surface area contributed by atoms with E-state index in [1.165, 1.54) is 0 Å². The fourth-order valence-electron chi connectivity index (χ4n) is 2.46. The van der Waals surface area contributed by atoms with E-state index in [1.54, 1.807) is 6.07 Å². The highest BCUT2D eigenvalue weighted by atomic mass is 35.5. The van der Waals surface area contributed by atoms with Crippen LogP contribution in [0.15, 0.2) is 42.5 Å². The minimum atomic E-state index is -0.600. The summed E-state index contributed by atoms with van der Waals surface area (Å²) in [5, 5.41) is 11.8. The molecule has 6 nitrogen and oxygen atoms in total. The number of nitrogens with two attached hydrogens (primary N) is 1. The monoisotopic (exact) mass is 451 g/mol. The Morgan fingerprint density at radius 3 is 2.61 bits per heavy atom. The molecule has 2 aromatic carbocycles. The van der Waals surface area contributed by atoms with Crippen molar-refractivity contribution in [1.29, 1.82) is 0 Å². The number of anilines is 1. The predicted octanol–water partition coefficient (Wildman–Crippen LogP) is 4.14. The van der Waals surface area contributed by atoms with Gasteiger partial charge < -0.3 is 16.4 Å². The zero-order valence-electron chi connectivity index (χ0n) is 14.4. The van der Waals surface area contributed by atoms with Gasteiger partial charge in [-0.25, -0.2) is 0 Å². The normalized spacial score (nSPS) is 10.5. The average molecular weight is 452 g/mol. The van der Waals surface area contributed by atoms with E-state index in [4.69, 9.17) is 41.2 Å². The summed E-state index contributed by atoms with van der Waals surface area (Å²) < 4.78 is 3.79. The smallest absolute Gasteiger partial charge is 0.270 e. The maximum atomic E-state index is 11.4. The molecule has 0 spiro atoms. The number of carbonyl (C=O) groups excluding carboxylic acids is 1. The Hall–Kier alpha value is -2.26. The molecule has 3 aromatic rings. The lowest BCUT2D eigenvalue weighted by Crippen LogP contribution is -2.30. The van der Waals surface area contributed by atoms with Crippen molar-refractivity contribution < 1.29 is 4.79 Å². The Bertz CT molecular complexity index is 1010. The molecule has 0 saturated heterocycles. The van der Waals surface area contributed by atoms with Gasteiger partial charge >= 0.3 is 0 Å². The van der Waals surface area contributed by atoms with E-state index in [1.807, 2.05) is 36.4 Å². The number of primary amides is 1. The van der Waals surface area contributed by atoms with Crippen molar-refractivity contribution in [1.82, 2.24) is 14.9 Å². The average Bonchev–Trinajstić information content (AvgIpc) is 3.14. The van der Waals surface area contributed by atoms with Gasteiger partial charge in [0.1, 0.15) is 0 Å². The number of amides is 1.